The van der Waals surface area contributed by atoms with E-state index in [4.69, 9.17) is 9.69 Å². The lowest BCUT2D eigenvalue weighted by molar-refractivity contribution is -0.144. The van der Waals surface area contributed by atoms with Crippen LogP contribution in [-0.4, -0.2) is 27.5 Å². The Morgan fingerprint density at radius 2 is 2.08 bits per heavy atom. The van der Waals surface area contributed by atoms with E-state index in [1.807, 2.05) is 19.6 Å². The molecule has 0 aliphatic rings. The highest BCUT2D eigenvalue weighted by atomic mass is 28.4. The summed E-state index contributed by atoms with van der Waals surface area (Å²) in [6, 6.07) is 1.71. The second kappa shape index (κ2) is 4.90. The number of hydrogen-bond acceptors (Lipinski definition) is 4. The van der Waals surface area contributed by atoms with E-state index in [0.717, 1.165) is 0 Å². The van der Waals surface area contributed by atoms with Crippen molar-refractivity contribution in [2.75, 3.05) is 13.2 Å². The third kappa shape index (κ3) is 7.25. The maximum absolute atomic E-state index is 10.8. The van der Waals surface area contributed by atoms with Gasteiger partial charge in [0.15, 0.2) is 14.9 Å². The molecule has 0 fully saturated rings. The van der Waals surface area contributed by atoms with E-state index >= 15 is 0 Å². The first-order chi connectivity index (χ1) is 5.45. The zero-order valence-electron chi connectivity index (χ0n) is 7.59. The predicted octanol–water partition coefficient (Wildman–Crippen LogP) is 0.905. The lowest BCUT2D eigenvalue weighted by Gasteiger charge is -2.15. The first kappa shape index (κ1) is 11.1. The normalized spacial score (nSPS) is 10.5. The van der Waals surface area contributed by atoms with Crippen LogP contribution in [0.4, 0.5) is 0 Å². The van der Waals surface area contributed by atoms with E-state index in [1.165, 1.54) is 0 Å². The summed E-state index contributed by atoms with van der Waals surface area (Å²) in [4.78, 5) is 10.8. The SMILES string of the molecule is C[Si](C)(C)OCC(=O)OCC#N. The van der Waals surface area contributed by atoms with Crippen molar-refractivity contribution < 1.29 is 14.0 Å². The Balaban J connectivity index is 3.53. The van der Waals surface area contributed by atoms with Crippen molar-refractivity contribution in [1.82, 2.24) is 0 Å². The molecule has 0 aromatic rings. The quantitative estimate of drug-likeness (QED) is 0.484. The fraction of sp³-hybridized carbons (Fsp3) is 0.714. The van der Waals surface area contributed by atoms with Crippen molar-refractivity contribution in [2.45, 2.75) is 19.6 Å². The summed E-state index contributed by atoms with van der Waals surface area (Å²) >= 11 is 0. The smallest absolute Gasteiger partial charge is 0.331 e. The van der Waals surface area contributed by atoms with Gasteiger partial charge < -0.3 is 9.16 Å². The summed E-state index contributed by atoms with van der Waals surface area (Å²) in [7, 11) is -1.64. The van der Waals surface area contributed by atoms with Crippen LogP contribution in [0.25, 0.3) is 0 Å². The van der Waals surface area contributed by atoms with Crippen molar-refractivity contribution in [3.8, 4) is 6.07 Å². The van der Waals surface area contributed by atoms with Crippen molar-refractivity contribution in [2.24, 2.45) is 0 Å². The molecule has 0 spiro atoms. The van der Waals surface area contributed by atoms with Crippen molar-refractivity contribution >= 4 is 14.3 Å². The van der Waals surface area contributed by atoms with Crippen LogP contribution in [0.3, 0.4) is 0 Å². The second-order valence-corrected chi connectivity index (χ2v) is 7.73. The zero-order valence-corrected chi connectivity index (χ0v) is 8.59. The topological polar surface area (TPSA) is 59.3 Å². The molecule has 68 valence electrons. The minimum absolute atomic E-state index is 0.0442. The van der Waals surface area contributed by atoms with Crippen LogP contribution in [0.5, 0.6) is 0 Å². The molecule has 5 heteroatoms. The van der Waals surface area contributed by atoms with Crippen LogP contribution in [-0.2, 0) is 14.0 Å². The van der Waals surface area contributed by atoms with E-state index < -0.39 is 14.3 Å². The summed E-state index contributed by atoms with van der Waals surface area (Å²) in [5.74, 6) is -0.473. The Kier molecular flexibility index (Phi) is 4.55. The average Bonchev–Trinajstić information content (AvgIpc) is 1.95. The second-order valence-electron chi connectivity index (χ2n) is 3.22. The van der Waals surface area contributed by atoms with Gasteiger partial charge in [-0.25, -0.2) is 4.79 Å². The van der Waals surface area contributed by atoms with Gasteiger partial charge >= 0.3 is 5.97 Å². The zero-order chi connectivity index (χ0) is 9.61. The molecule has 0 saturated heterocycles. The van der Waals surface area contributed by atoms with Crippen LogP contribution < -0.4 is 0 Å². The minimum Gasteiger partial charge on any atom is -0.449 e. The Morgan fingerprint density at radius 3 is 2.50 bits per heavy atom. The number of nitrogens with zero attached hydrogens (tertiary/aromatic N) is 1. The monoisotopic (exact) mass is 187 g/mol. The molecule has 0 amide bonds. The summed E-state index contributed by atoms with van der Waals surface area (Å²) < 4.78 is 9.73. The maximum Gasteiger partial charge on any atom is 0.331 e. The van der Waals surface area contributed by atoms with Crippen molar-refractivity contribution in [3.05, 3.63) is 0 Å². The van der Waals surface area contributed by atoms with Crippen LogP contribution >= 0.6 is 0 Å². The third-order valence-corrected chi connectivity index (χ3v) is 1.93. The summed E-state index contributed by atoms with van der Waals surface area (Å²) in [6.45, 7) is 5.69. The molecular formula is C7H13NO3Si. The predicted molar refractivity (Wildman–Crippen MR) is 45.9 cm³/mol. The average molecular weight is 187 g/mol. The van der Waals surface area contributed by atoms with E-state index in [0.29, 0.717) is 0 Å². The van der Waals surface area contributed by atoms with Gasteiger partial charge in [-0.1, -0.05) is 0 Å². The number of rotatable bonds is 4. The molecule has 0 N–H and O–H groups in total. The summed E-state index contributed by atoms with van der Waals surface area (Å²) in [6.07, 6.45) is 0. The summed E-state index contributed by atoms with van der Waals surface area (Å²) in [5.41, 5.74) is 0. The van der Waals surface area contributed by atoms with Gasteiger partial charge in [-0.2, -0.15) is 5.26 Å². The van der Waals surface area contributed by atoms with Gasteiger partial charge in [0.05, 0.1) is 0 Å². The van der Waals surface area contributed by atoms with E-state index in [9.17, 15) is 4.79 Å². The molecule has 0 heterocycles. The first-order valence-electron chi connectivity index (χ1n) is 3.62. The highest BCUT2D eigenvalue weighted by molar-refractivity contribution is 6.69. The molecule has 4 nitrogen and oxygen atoms in total. The maximum atomic E-state index is 10.8. The van der Waals surface area contributed by atoms with Gasteiger partial charge in [-0.15, -0.1) is 0 Å². The van der Waals surface area contributed by atoms with Crippen LogP contribution in [0.1, 0.15) is 0 Å². The molecule has 0 aliphatic heterocycles. The van der Waals surface area contributed by atoms with E-state index in [1.54, 1.807) is 6.07 Å². The number of nitriles is 1. The standard InChI is InChI=1S/C7H13NO3Si/c1-12(2,3)11-6-7(9)10-5-4-8/h5-6H2,1-3H3. The number of ether oxygens (including phenoxy) is 1. The molecule has 0 radical (unpaired) electrons. The highest BCUT2D eigenvalue weighted by Crippen LogP contribution is 2.01. The van der Waals surface area contributed by atoms with Crippen molar-refractivity contribution in [3.63, 3.8) is 0 Å². The first-order valence-corrected chi connectivity index (χ1v) is 7.03. The van der Waals surface area contributed by atoms with Gasteiger partial charge in [0.25, 0.3) is 0 Å². The van der Waals surface area contributed by atoms with Crippen molar-refractivity contribution in [1.29, 1.82) is 5.26 Å². The number of carbonyl (C=O) groups is 1. The van der Waals surface area contributed by atoms with Gasteiger partial charge in [0, 0.05) is 0 Å². The number of hydrogen-bond donors (Lipinski definition) is 0. The molecule has 12 heavy (non-hydrogen) atoms. The number of esters is 1. The molecule has 0 aromatic carbocycles. The minimum atomic E-state index is -1.64. The van der Waals surface area contributed by atoms with Gasteiger partial charge in [0.2, 0.25) is 0 Å². The lowest BCUT2D eigenvalue weighted by Crippen LogP contribution is -2.29. The Labute approximate surface area is 73.2 Å². The fourth-order valence-electron chi connectivity index (χ4n) is 0.430. The third-order valence-electron chi connectivity index (χ3n) is 0.921. The van der Waals surface area contributed by atoms with E-state index in [-0.39, 0.29) is 13.2 Å². The molecule has 0 rings (SSSR count). The molecule has 0 unspecified atom stereocenters. The van der Waals surface area contributed by atoms with Gasteiger partial charge in [-0.05, 0) is 19.6 Å². The van der Waals surface area contributed by atoms with Gasteiger partial charge in [-0.3, -0.25) is 0 Å². The molecular weight excluding hydrogens is 174 g/mol. The largest absolute Gasteiger partial charge is 0.449 e. The molecule has 0 aromatic heterocycles. The lowest BCUT2D eigenvalue weighted by atomic mass is 10.7. The van der Waals surface area contributed by atoms with Gasteiger partial charge in [0.1, 0.15) is 12.7 Å². The van der Waals surface area contributed by atoms with Crippen LogP contribution in [0.2, 0.25) is 19.6 Å². The van der Waals surface area contributed by atoms with Crippen LogP contribution in [0, 0.1) is 11.3 Å². The Bertz CT molecular complexity index is 192. The molecule has 0 bridgehead atoms. The number of carbonyl (C=O) groups excluding carboxylic acids is 1. The summed E-state index contributed by atoms with van der Waals surface area (Å²) in [5, 5.41) is 8.08. The van der Waals surface area contributed by atoms with Crippen LogP contribution in [0.15, 0.2) is 0 Å². The Morgan fingerprint density at radius 1 is 1.50 bits per heavy atom. The van der Waals surface area contributed by atoms with E-state index in [2.05, 4.69) is 4.74 Å². The molecule has 0 atom stereocenters. The fourth-order valence-corrected chi connectivity index (χ4v) is 0.981. The molecule has 0 saturated carbocycles. The highest BCUT2D eigenvalue weighted by Gasteiger charge is 2.16. The molecule has 0 aliphatic carbocycles. The Hall–Kier alpha value is -0.863.